The second-order valence-electron chi connectivity index (χ2n) is 7.77. The molecule has 0 aliphatic rings. The number of aryl methyl sites for hydroxylation is 3. The molecule has 5 nitrogen and oxygen atoms in total. The van der Waals surface area contributed by atoms with E-state index in [1.54, 1.807) is 61.2 Å². The quantitative estimate of drug-likeness (QED) is 0.315. The minimum Gasteiger partial charge on any atom is -0.354 e. The van der Waals surface area contributed by atoms with Crippen molar-refractivity contribution < 1.29 is 13.2 Å². The highest BCUT2D eigenvalue weighted by molar-refractivity contribution is 7.99. The Morgan fingerprint density at radius 3 is 2.18 bits per heavy atom. The minimum absolute atomic E-state index is 0.121. The van der Waals surface area contributed by atoms with Gasteiger partial charge in [0, 0.05) is 22.2 Å². The summed E-state index contributed by atoms with van der Waals surface area (Å²) in [6, 6.07) is 19.7. The summed E-state index contributed by atoms with van der Waals surface area (Å²) in [5.41, 5.74) is 3.23. The molecule has 0 bridgehead atoms. The van der Waals surface area contributed by atoms with E-state index in [1.165, 1.54) is 5.56 Å². The Hall–Kier alpha value is -2.48. The van der Waals surface area contributed by atoms with E-state index >= 15 is 0 Å². The van der Waals surface area contributed by atoms with Gasteiger partial charge in [0.2, 0.25) is 5.91 Å². The van der Waals surface area contributed by atoms with E-state index in [4.69, 9.17) is 11.6 Å². The van der Waals surface area contributed by atoms with Gasteiger partial charge in [-0.3, -0.25) is 9.10 Å². The molecule has 174 valence electrons. The van der Waals surface area contributed by atoms with Crippen LogP contribution in [0, 0.1) is 20.8 Å². The first kappa shape index (κ1) is 25.1. The summed E-state index contributed by atoms with van der Waals surface area (Å²) in [6.45, 7) is 5.79. The van der Waals surface area contributed by atoms with E-state index in [0.717, 1.165) is 14.8 Å². The third kappa shape index (κ3) is 6.76. The van der Waals surface area contributed by atoms with Crippen molar-refractivity contribution in [2.75, 3.05) is 23.1 Å². The number of hydrogen-bond donors (Lipinski definition) is 1. The highest BCUT2D eigenvalue weighted by Gasteiger charge is 2.28. The van der Waals surface area contributed by atoms with Gasteiger partial charge < -0.3 is 5.32 Å². The van der Waals surface area contributed by atoms with Gasteiger partial charge in [-0.25, -0.2) is 8.42 Å². The topological polar surface area (TPSA) is 66.5 Å². The van der Waals surface area contributed by atoms with Crippen molar-refractivity contribution in [1.29, 1.82) is 0 Å². The van der Waals surface area contributed by atoms with Gasteiger partial charge in [-0.2, -0.15) is 0 Å². The lowest BCUT2D eigenvalue weighted by atomic mass is 10.2. The van der Waals surface area contributed by atoms with Crippen LogP contribution in [-0.4, -0.2) is 33.2 Å². The van der Waals surface area contributed by atoms with Crippen molar-refractivity contribution in [3.63, 3.8) is 0 Å². The third-order valence-corrected chi connectivity index (χ3v) is 8.07. The van der Waals surface area contributed by atoms with Crippen LogP contribution in [-0.2, 0) is 14.8 Å². The van der Waals surface area contributed by atoms with Crippen LogP contribution >= 0.6 is 23.4 Å². The molecule has 0 aliphatic carbocycles. The fourth-order valence-corrected chi connectivity index (χ4v) is 5.58. The lowest BCUT2D eigenvalue weighted by molar-refractivity contribution is -0.119. The van der Waals surface area contributed by atoms with Crippen LogP contribution in [0.2, 0.25) is 5.02 Å². The van der Waals surface area contributed by atoms with Gasteiger partial charge in [0.05, 0.1) is 10.6 Å². The molecule has 3 aromatic rings. The molecule has 0 unspecified atom stereocenters. The molecule has 0 spiro atoms. The van der Waals surface area contributed by atoms with Crippen LogP contribution in [0.5, 0.6) is 0 Å². The van der Waals surface area contributed by atoms with Crippen LogP contribution in [0.4, 0.5) is 5.69 Å². The van der Waals surface area contributed by atoms with Gasteiger partial charge in [-0.1, -0.05) is 53.1 Å². The molecule has 0 saturated carbocycles. The standard InChI is InChI=1S/C25H27ClN2O3S2/c1-18-4-10-22(11-5-18)32-15-14-27-25(29)17-28(24-16-21(26)9-8-20(24)3)33(30,31)23-12-6-19(2)7-13-23/h4-13,16H,14-15,17H2,1-3H3,(H,27,29). The summed E-state index contributed by atoms with van der Waals surface area (Å²) in [5.74, 6) is 0.296. The van der Waals surface area contributed by atoms with Gasteiger partial charge in [-0.15, -0.1) is 11.8 Å². The third-order valence-electron chi connectivity index (χ3n) is 5.05. The molecule has 0 heterocycles. The van der Waals surface area contributed by atoms with E-state index in [1.807, 2.05) is 38.1 Å². The highest BCUT2D eigenvalue weighted by atomic mass is 35.5. The molecule has 0 aliphatic heterocycles. The van der Waals surface area contributed by atoms with Gasteiger partial charge in [0.1, 0.15) is 6.54 Å². The molecule has 0 aromatic heterocycles. The summed E-state index contributed by atoms with van der Waals surface area (Å²) in [6.07, 6.45) is 0. The van der Waals surface area contributed by atoms with Gasteiger partial charge in [0.15, 0.2) is 0 Å². The molecule has 0 saturated heterocycles. The number of anilines is 1. The van der Waals surface area contributed by atoms with Crippen LogP contribution in [0.25, 0.3) is 0 Å². The predicted octanol–water partition coefficient (Wildman–Crippen LogP) is 5.37. The van der Waals surface area contributed by atoms with E-state index in [2.05, 4.69) is 5.32 Å². The number of amides is 1. The number of hydrogen-bond acceptors (Lipinski definition) is 4. The monoisotopic (exact) mass is 502 g/mol. The second-order valence-corrected chi connectivity index (χ2v) is 11.2. The molecular weight excluding hydrogens is 476 g/mol. The Kier molecular flexibility index (Phi) is 8.46. The summed E-state index contributed by atoms with van der Waals surface area (Å²) in [7, 11) is -3.97. The van der Waals surface area contributed by atoms with Crippen LogP contribution in [0.1, 0.15) is 16.7 Å². The predicted molar refractivity (Wildman–Crippen MR) is 137 cm³/mol. The zero-order valence-corrected chi connectivity index (χ0v) is 21.2. The van der Waals surface area contributed by atoms with Gasteiger partial charge in [0.25, 0.3) is 10.0 Å². The van der Waals surface area contributed by atoms with Crippen molar-refractivity contribution in [1.82, 2.24) is 5.32 Å². The number of carbonyl (C=O) groups excluding carboxylic acids is 1. The maximum absolute atomic E-state index is 13.5. The Morgan fingerprint density at radius 1 is 0.939 bits per heavy atom. The zero-order chi connectivity index (χ0) is 24.0. The Balaban J connectivity index is 1.75. The molecule has 0 atom stereocenters. The Morgan fingerprint density at radius 2 is 1.55 bits per heavy atom. The smallest absolute Gasteiger partial charge is 0.264 e. The van der Waals surface area contributed by atoms with E-state index in [-0.39, 0.29) is 17.3 Å². The summed E-state index contributed by atoms with van der Waals surface area (Å²) in [4.78, 5) is 14.0. The molecule has 3 aromatic carbocycles. The SMILES string of the molecule is Cc1ccc(SCCNC(=O)CN(c2cc(Cl)ccc2C)S(=O)(=O)c2ccc(C)cc2)cc1. The molecule has 3 rings (SSSR count). The maximum atomic E-state index is 13.5. The largest absolute Gasteiger partial charge is 0.354 e. The zero-order valence-electron chi connectivity index (χ0n) is 18.8. The number of rotatable bonds is 9. The Bertz CT molecular complexity index is 1210. The summed E-state index contributed by atoms with van der Waals surface area (Å²) in [5, 5.41) is 3.23. The lowest BCUT2D eigenvalue weighted by Crippen LogP contribution is -2.41. The minimum atomic E-state index is -3.97. The van der Waals surface area contributed by atoms with E-state index in [0.29, 0.717) is 28.6 Å². The number of benzene rings is 3. The molecule has 33 heavy (non-hydrogen) atoms. The first-order valence-electron chi connectivity index (χ1n) is 10.5. The van der Waals surface area contributed by atoms with Crippen molar-refractivity contribution in [2.45, 2.75) is 30.6 Å². The van der Waals surface area contributed by atoms with Gasteiger partial charge >= 0.3 is 0 Å². The summed E-state index contributed by atoms with van der Waals surface area (Å²) >= 11 is 7.79. The fraction of sp³-hybridized carbons (Fsp3) is 0.240. The van der Waals surface area contributed by atoms with Crippen LogP contribution < -0.4 is 9.62 Å². The molecular formula is C25H27ClN2O3S2. The Labute approximate surface area is 205 Å². The second kappa shape index (κ2) is 11.1. The average Bonchev–Trinajstić information content (AvgIpc) is 2.78. The first-order valence-corrected chi connectivity index (χ1v) is 13.3. The van der Waals surface area contributed by atoms with Crippen molar-refractivity contribution >= 4 is 45.0 Å². The molecule has 0 fully saturated rings. The normalized spacial score (nSPS) is 11.3. The lowest BCUT2D eigenvalue weighted by Gasteiger charge is -2.26. The molecule has 0 radical (unpaired) electrons. The number of sulfonamides is 1. The van der Waals surface area contributed by atoms with E-state index in [9.17, 15) is 13.2 Å². The van der Waals surface area contributed by atoms with E-state index < -0.39 is 10.0 Å². The van der Waals surface area contributed by atoms with Crippen molar-refractivity contribution in [2.24, 2.45) is 0 Å². The molecule has 1 N–H and O–H groups in total. The number of nitrogens with one attached hydrogen (secondary N) is 1. The van der Waals surface area contributed by atoms with Crippen LogP contribution in [0.15, 0.2) is 76.5 Å². The first-order chi connectivity index (χ1) is 15.7. The summed E-state index contributed by atoms with van der Waals surface area (Å²) < 4.78 is 28.1. The maximum Gasteiger partial charge on any atom is 0.264 e. The molecule has 1 amide bonds. The molecule has 8 heteroatoms. The number of nitrogens with zero attached hydrogens (tertiary/aromatic N) is 1. The van der Waals surface area contributed by atoms with Crippen molar-refractivity contribution in [3.05, 3.63) is 88.4 Å². The van der Waals surface area contributed by atoms with Gasteiger partial charge in [-0.05, 0) is 62.7 Å². The van der Waals surface area contributed by atoms with Crippen molar-refractivity contribution in [3.8, 4) is 0 Å². The number of halogens is 1. The fourth-order valence-electron chi connectivity index (χ4n) is 3.17. The number of carbonyl (C=O) groups is 1. The number of thioether (sulfide) groups is 1. The van der Waals surface area contributed by atoms with Crippen LogP contribution in [0.3, 0.4) is 0 Å². The highest BCUT2D eigenvalue weighted by Crippen LogP contribution is 2.29. The average molecular weight is 503 g/mol.